The Morgan fingerprint density at radius 2 is 2.00 bits per heavy atom. The molecule has 4 heteroatoms. The Labute approximate surface area is 129 Å². The van der Waals surface area contributed by atoms with Crippen molar-refractivity contribution in [2.45, 2.75) is 71.6 Å². The molecule has 0 aromatic heterocycles. The molecule has 0 aromatic rings. The van der Waals surface area contributed by atoms with Gasteiger partial charge >= 0.3 is 0 Å². The fourth-order valence-corrected chi connectivity index (χ4v) is 4.12. The van der Waals surface area contributed by atoms with Crippen LogP contribution in [0.4, 0.5) is 0 Å². The van der Waals surface area contributed by atoms with E-state index >= 15 is 0 Å². The second kappa shape index (κ2) is 5.80. The van der Waals surface area contributed by atoms with Crippen LogP contribution in [0.3, 0.4) is 0 Å². The van der Waals surface area contributed by atoms with Crippen LogP contribution in [0.15, 0.2) is 0 Å². The first-order chi connectivity index (χ1) is 9.62. The summed E-state index contributed by atoms with van der Waals surface area (Å²) in [5.74, 6) is 0.760. The minimum Gasteiger partial charge on any atom is -0.394 e. The standard InChI is InChI=1S/C17H33NO3/c1-15(2,11-19)18-9-13(20)10-21-14-8-12-6-7-17(14,5)16(12,3)4/h12-14,18-20H,6-11H2,1-5H3/t12-,13+,14+,17+/m0/s1. The highest BCUT2D eigenvalue weighted by atomic mass is 16.5. The molecule has 4 atom stereocenters. The number of hydrogen-bond donors (Lipinski definition) is 3. The molecule has 0 unspecified atom stereocenters. The third-order valence-corrected chi connectivity index (χ3v) is 6.42. The smallest absolute Gasteiger partial charge is 0.0898 e. The quantitative estimate of drug-likeness (QED) is 0.672. The van der Waals surface area contributed by atoms with Gasteiger partial charge in [0.1, 0.15) is 0 Å². The average Bonchev–Trinajstić information content (AvgIpc) is 2.75. The van der Waals surface area contributed by atoms with Crippen molar-refractivity contribution < 1.29 is 14.9 Å². The van der Waals surface area contributed by atoms with Crippen molar-refractivity contribution in [3.05, 3.63) is 0 Å². The molecule has 0 amide bonds. The number of aliphatic hydroxyl groups excluding tert-OH is 2. The van der Waals surface area contributed by atoms with Gasteiger partial charge in [0.2, 0.25) is 0 Å². The summed E-state index contributed by atoms with van der Waals surface area (Å²) in [5.41, 5.74) is 0.232. The Hall–Kier alpha value is -0.160. The first kappa shape index (κ1) is 17.2. The summed E-state index contributed by atoms with van der Waals surface area (Å²) >= 11 is 0. The summed E-state index contributed by atoms with van der Waals surface area (Å²) in [6.45, 7) is 11.8. The van der Waals surface area contributed by atoms with Crippen LogP contribution in [0.1, 0.15) is 53.9 Å². The molecule has 2 aliphatic rings. The van der Waals surface area contributed by atoms with E-state index < -0.39 is 6.10 Å². The van der Waals surface area contributed by atoms with Gasteiger partial charge < -0.3 is 20.3 Å². The minimum atomic E-state index is -0.526. The van der Waals surface area contributed by atoms with E-state index in [0.717, 1.165) is 12.3 Å². The van der Waals surface area contributed by atoms with Crippen molar-refractivity contribution in [2.75, 3.05) is 19.8 Å². The first-order valence-electron chi connectivity index (χ1n) is 8.28. The summed E-state index contributed by atoms with van der Waals surface area (Å²) < 4.78 is 6.08. The molecule has 0 spiro atoms. The number of fused-ring (bicyclic) bond motifs is 2. The third-order valence-electron chi connectivity index (χ3n) is 6.42. The van der Waals surface area contributed by atoms with Crippen molar-refractivity contribution in [3.63, 3.8) is 0 Å². The first-order valence-corrected chi connectivity index (χ1v) is 8.28. The van der Waals surface area contributed by atoms with Gasteiger partial charge in [-0.2, -0.15) is 0 Å². The predicted molar refractivity (Wildman–Crippen MR) is 84.1 cm³/mol. The molecule has 0 aromatic carbocycles. The molecule has 0 aliphatic heterocycles. The number of nitrogens with one attached hydrogen (secondary N) is 1. The summed E-state index contributed by atoms with van der Waals surface area (Å²) in [4.78, 5) is 0. The summed E-state index contributed by atoms with van der Waals surface area (Å²) in [6, 6.07) is 0. The molecular formula is C17H33NO3. The molecule has 3 N–H and O–H groups in total. The van der Waals surface area contributed by atoms with E-state index in [1.807, 2.05) is 13.8 Å². The topological polar surface area (TPSA) is 61.7 Å². The van der Waals surface area contributed by atoms with Gasteiger partial charge in [-0.15, -0.1) is 0 Å². The Balaban J connectivity index is 1.80. The second-order valence-corrected chi connectivity index (χ2v) is 8.51. The zero-order valence-electron chi connectivity index (χ0n) is 14.3. The van der Waals surface area contributed by atoms with Gasteiger partial charge in [0.05, 0.1) is 25.4 Å². The maximum absolute atomic E-state index is 10.1. The van der Waals surface area contributed by atoms with Gasteiger partial charge in [-0.25, -0.2) is 0 Å². The molecule has 2 saturated carbocycles. The second-order valence-electron chi connectivity index (χ2n) is 8.51. The van der Waals surface area contributed by atoms with E-state index in [2.05, 4.69) is 26.1 Å². The van der Waals surface area contributed by atoms with E-state index in [4.69, 9.17) is 4.74 Å². The fraction of sp³-hybridized carbons (Fsp3) is 1.00. The molecule has 21 heavy (non-hydrogen) atoms. The van der Waals surface area contributed by atoms with Crippen LogP contribution in [0, 0.1) is 16.7 Å². The molecule has 2 aliphatic carbocycles. The van der Waals surface area contributed by atoms with Gasteiger partial charge in [0.15, 0.2) is 0 Å². The van der Waals surface area contributed by atoms with E-state index in [1.165, 1.54) is 12.8 Å². The molecule has 0 heterocycles. The Morgan fingerprint density at radius 1 is 1.33 bits per heavy atom. The van der Waals surface area contributed by atoms with E-state index in [9.17, 15) is 10.2 Å². The van der Waals surface area contributed by atoms with Crippen molar-refractivity contribution in [3.8, 4) is 0 Å². The minimum absolute atomic E-state index is 0.0527. The van der Waals surface area contributed by atoms with Crippen LogP contribution in [-0.2, 0) is 4.74 Å². The zero-order valence-corrected chi connectivity index (χ0v) is 14.3. The number of rotatable bonds is 7. The highest BCUT2D eigenvalue weighted by Crippen LogP contribution is 2.66. The van der Waals surface area contributed by atoms with Crippen LogP contribution in [-0.4, -0.2) is 47.7 Å². The van der Waals surface area contributed by atoms with Crippen LogP contribution in [0.5, 0.6) is 0 Å². The molecule has 0 radical (unpaired) electrons. The average molecular weight is 299 g/mol. The monoisotopic (exact) mass is 299 g/mol. The lowest BCUT2D eigenvalue weighted by atomic mass is 9.70. The lowest BCUT2D eigenvalue weighted by molar-refractivity contribution is -0.0751. The molecule has 0 saturated heterocycles. The van der Waals surface area contributed by atoms with Crippen molar-refractivity contribution in [1.29, 1.82) is 0 Å². The maximum Gasteiger partial charge on any atom is 0.0898 e. The number of aliphatic hydroxyl groups is 2. The molecule has 2 fully saturated rings. The molecule has 2 bridgehead atoms. The Kier molecular flexibility index (Phi) is 4.75. The lowest BCUT2D eigenvalue weighted by Crippen LogP contribution is -2.47. The molecule has 2 rings (SSSR count). The van der Waals surface area contributed by atoms with E-state index in [-0.39, 0.29) is 23.7 Å². The fourth-order valence-electron chi connectivity index (χ4n) is 4.12. The van der Waals surface area contributed by atoms with E-state index in [0.29, 0.717) is 18.6 Å². The third kappa shape index (κ3) is 3.14. The predicted octanol–water partition coefficient (Wildman–Crippen LogP) is 1.94. The van der Waals surface area contributed by atoms with Gasteiger partial charge in [0.25, 0.3) is 0 Å². The highest BCUT2D eigenvalue weighted by molar-refractivity contribution is 5.11. The van der Waals surface area contributed by atoms with Gasteiger partial charge in [-0.3, -0.25) is 0 Å². The number of ether oxygens (including phenoxy) is 1. The Morgan fingerprint density at radius 3 is 2.48 bits per heavy atom. The summed E-state index contributed by atoms with van der Waals surface area (Å²) in [7, 11) is 0. The van der Waals surface area contributed by atoms with E-state index in [1.54, 1.807) is 0 Å². The van der Waals surface area contributed by atoms with Crippen LogP contribution >= 0.6 is 0 Å². The molecule has 4 nitrogen and oxygen atoms in total. The highest BCUT2D eigenvalue weighted by Gasteiger charge is 2.61. The number of β-amino-alcohol motifs (C(OH)–C–C–N with tert-alkyl or cyclic N) is 1. The van der Waals surface area contributed by atoms with Crippen LogP contribution in [0.2, 0.25) is 0 Å². The van der Waals surface area contributed by atoms with Crippen LogP contribution < -0.4 is 5.32 Å². The largest absolute Gasteiger partial charge is 0.394 e. The van der Waals surface area contributed by atoms with Gasteiger partial charge in [0, 0.05) is 12.1 Å². The zero-order chi connectivity index (χ0) is 15.9. The van der Waals surface area contributed by atoms with Crippen molar-refractivity contribution in [1.82, 2.24) is 5.32 Å². The lowest BCUT2D eigenvalue weighted by Gasteiger charge is -2.39. The van der Waals surface area contributed by atoms with Crippen LogP contribution in [0.25, 0.3) is 0 Å². The number of hydrogen-bond acceptors (Lipinski definition) is 4. The van der Waals surface area contributed by atoms with Gasteiger partial charge in [-0.05, 0) is 49.9 Å². The molecule has 124 valence electrons. The maximum atomic E-state index is 10.1. The SMILES string of the molecule is CC(C)(CO)NC[C@@H](O)CO[C@@H]1C[C@@H]2CC[C@@]1(C)C2(C)C. The summed E-state index contributed by atoms with van der Waals surface area (Å²) in [5, 5.41) is 22.4. The Bertz CT molecular complexity index is 369. The normalized spacial score (nSPS) is 36.1. The van der Waals surface area contributed by atoms with Crippen molar-refractivity contribution in [2.24, 2.45) is 16.7 Å². The van der Waals surface area contributed by atoms with Gasteiger partial charge in [-0.1, -0.05) is 20.8 Å². The van der Waals surface area contributed by atoms with Crippen molar-refractivity contribution >= 4 is 0 Å². The molecular weight excluding hydrogens is 266 g/mol. The summed E-state index contributed by atoms with van der Waals surface area (Å²) in [6.07, 6.45) is 3.43.